The fourth-order valence-corrected chi connectivity index (χ4v) is 4.68. The third kappa shape index (κ3) is 3.42. The van der Waals surface area contributed by atoms with Crippen LogP contribution < -0.4 is 14.8 Å². The van der Waals surface area contributed by atoms with E-state index in [1.165, 1.54) is 25.1 Å². The lowest BCUT2D eigenvalue weighted by Crippen LogP contribution is -2.45. The number of rotatable bonds is 4. The summed E-state index contributed by atoms with van der Waals surface area (Å²) in [5.41, 5.74) is 0.959. The number of amides is 2. The van der Waals surface area contributed by atoms with Crippen LogP contribution in [0.1, 0.15) is 33.2 Å². The fourth-order valence-electron chi connectivity index (χ4n) is 3.22. The molecule has 2 amide bonds. The maximum atomic E-state index is 12.6. The number of sulfonamides is 1. The predicted molar refractivity (Wildman–Crippen MR) is 101 cm³/mol. The molecule has 2 aliphatic rings. The van der Waals surface area contributed by atoms with Gasteiger partial charge in [0.05, 0.1) is 11.4 Å². The Hall–Kier alpha value is -3.40. The molecular formula is C19H16N2O7S. The summed E-state index contributed by atoms with van der Waals surface area (Å²) in [4.78, 5) is 37.1. The summed E-state index contributed by atoms with van der Waals surface area (Å²) in [6.07, 6.45) is 0. The van der Waals surface area contributed by atoms with Gasteiger partial charge in [0.25, 0.3) is 5.91 Å². The zero-order valence-corrected chi connectivity index (χ0v) is 16.1. The number of Topliss-reactive ketones (excluding diaryl/α,β-unsaturated/α-hetero) is 1. The molecule has 2 aromatic carbocycles. The number of carbonyl (C=O) groups excluding carboxylic acids is 3. The minimum absolute atomic E-state index is 0.00991. The van der Waals surface area contributed by atoms with Gasteiger partial charge in [0.2, 0.25) is 22.7 Å². The summed E-state index contributed by atoms with van der Waals surface area (Å²) in [7, 11) is -4.00. The monoisotopic (exact) mass is 416 g/mol. The second-order valence-electron chi connectivity index (χ2n) is 6.58. The van der Waals surface area contributed by atoms with Gasteiger partial charge >= 0.3 is 0 Å². The van der Waals surface area contributed by atoms with E-state index in [0.717, 1.165) is 0 Å². The van der Waals surface area contributed by atoms with Crippen LogP contribution in [0.4, 0.5) is 5.69 Å². The zero-order valence-electron chi connectivity index (χ0n) is 15.3. The minimum atomic E-state index is -4.00. The molecule has 0 bridgehead atoms. The standard InChI is InChI=1S/C19H16N2O7S/c1-11(22)14-6-16-17(28-10-27-16)7-15(14)20-18(23)8-21-19(24)13-5-3-2-4-12(13)9-29(21,25)26/h2-7H,8-10H2,1H3,(H,20,23). The lowest BCUT2D eigenvalue weighted by atomic mass is 10.1. The highest BCUT2D eigenvalue weighted by molar-refractivity contribution is 7.89. The molecule has 0 radical (unpaired) electrons. The Kier molecular flexibility index (Phi) is 4.50. The van der Waals surface area contributed by atoms with Crippen molar-refractivity contribution in [1.29, 1.82) is 0 Å². The molecule has 0 saturated heterocycles. The predicted octanol–water partition coefficient (Wildman–Crippen LogP) is 1.54. The van der Waals surface area contributed by atoms with E-state index in [-0.39, 0.29) is 35.1 Å². The lowest BCUT2D eigenvalue weighted by molar-refractivity contribution is -0.116. The zero-order chi connectivity index (χ0) is 20.8. The smallest absolute Gasteiger partial charge is 0.268 e. The van der Waals surface area contributed by atoms with Gasteiger partial charge in [0, 0.05) is 17.2 Å². The van der Waals surface area contributed by atoms with E-state index in [1.807, 2.05) is 0 Å². The van der Waals surface area contributed by atoms with Crippen molar-refractivity contribution in [3.05, 3.63) is 53.1 Å². The van der Waals surface area contributed by atoms with Gasteiger partial charge in [-0.1, -0.05) is 18.2 Å². The highest BCUT2D eigenvalue weighted by atomic mass is 32.2. The lowest BCUT2D eigenvalue weighted by Gasteiger charge is -2.27. The van der Waals surface area contributed by atoms with E-state index in [0.29, 0.717) is 21.4 Å². The first kappa shape index (κ1) is 18.9. The van der Waals surface area contributed by atoms with Crippen LogP contribution >= 0.6 is 0 Å². The van der Waals surface area contributed by atoms with Crippen molar-refractivity contribution in [2.45, 2.75) is 12.7 Å². The Bertz CT molecular complexity index is 1160. The number of carbonyl (C=O) groups is 3. The van der Waals surface area contributed by atoms with E-state index in [1.54, 1.807) is 18.2 Å². The van der Waals surface area contributed by atoms with Crippen LogP contribution in [0.5, 0.6) is 11.5 Å². The molecule has 2 aliphatic heterocycles. The van der Waals surface area contributed by atoms with Gasteiger partial charge in [-0.15, -0.1) is 0 Å². The van der Waals surface area contributed by atoms with E-state index < -0.39 is 28.4 Å². The normalized spacial score (nSPS) is 16.3. The van der Waals surface area contributed by atoms with Gasteiger partial charge in [0.15, 0.2) is 17.3 Å². The Labute approximate surface area is 166 Å². The molecule has 4 rings (SSSR count). The summed E-state index contributed by atoms with van der Waals surface area (Å²) in [5.74, 6) is -1.50. The number of anilines is 1. The number of ether oxygens (including phenoxy) is 2. The van der Waals surface area contributed by atoms with Gasteiger partial charge in [0.1, 0.15) is 6.54 Å². The first-order valence-corrected chi connectivity index (χ1v) is 10.2. The van der Waals surface area contributed by atoms with Crippen LogP contribution in [0.15, 0.2) is 36.4 Å². The van der Waals surface area contributed by atoms with Crippen molar-refractivity contribution in [2.75, 3.05) is 18.7 Å². The number of benzene rings is 2. The number of hydrogen-bond donors (Lipinski definition) is 1. The molecule has 2 heterocycles. The molecule has 2 aromatic rings. The van der Waals surface area contributed by atoms with Gasteiger partial charge in [-0.2, -0.15) is 0 Å². The topological polar surface area (TPSA) is 119 Å². The van der Waals surface area contributed by atoms with Crippen LogP contribution in [0.2, 0.25) is 0 Å². The summed E-state index contributed by atoms with van der Waals surface area (Å²) in [6.45, 7) is 0.605. The Morgan fingerprint density at radius 1 is 1.14 bits per heavy atom. The largest absolute Gasteiger partial charge is 0.454 e. The minimum Gasteiger partial charge on any atom is -0.454 e. The molecular weight excluding hydrogens is 400 g/mol. The number of nitrogens with one attached hydrogen (secondary N) is 1. The molecule has 0 unspecified atom stereocenters. The third-order valence-corrected chi connectivity index (χ3v) is 6.24. The molecule has 0 atom stereocenters. The molecule has 0 spiro atoms. The van der Waals surface area contributed by atoms with E-state index >= 15 is 0 Å². The van der Waals surface area contributed by atoms with Gasteiger partial charge in [-0.05, 0) is 24.6 Å². The first-order chi connectivity index (χ1) is 13.8. The second-order valence-corrected chi connectivity index (χ2v) is 8.47. The van der Waals surface area contributed by atoms with E-state index in [9.17, 15) is 22.8 Å². The highest BCUT2D eigenvalue weighted by Crippen LogP contribution is 2.37. The quantitative estimate of drug-likeness (QED) is 0.751. The van der Waals surface area contributed by atoms with Crippen molar-refractivity contribution < 1.29 is 32.3 Å². The Balaban J connectivity index is 1.59. The van der Waals surface area contributed by atoms with Crippen LogP contribution in [0.3, 0.4) is 0 Å². The highest BCUT2D eigenvalue weighted by Gasteiger charge is 2.37. The van der Waals surface area contributed by atoms with Gasteiger partial charge < -0.3 is 14.8 Å². The van der Waals surface area contributed by atoms with Crippen LogP contribution in [-0.2, 0) is 20.6 Å². The average Bonchev–Trinajstić information content (AvgIpc) is 3.11. The van der Waals surface area contributed by atoms with Crippen molar-refractivity contribution in [3.63, 3.8) is 0 Å². The average molecular weight is 416 g/mol. The summed E-state index contributed by atoms with van der Waals surface area (Å²) in [6, 6.07) is 9.22. The number of fused-ring (bicyclic) bond motifs is 2. The van der Waals surface area contributed by atoms with E-state index in [2.05, 4.69) is 5.32 Å². The molecule has 1 N–H and O–H groups in total. The fraction of sp³-hybridized carbons (Fsp3) is 0.211. The van der Waals surface area contributed by atoms with Crippen molar-refractivity contribution in [2.24, 2.45) is 0 Å². The third-order valence-electron chi connectivity index (χ3n) is 4.60. The first-order valence-electron chi connectivity index (χ1n) is 8.63. The maximum Gasteiger partial charge on any atom is 0.268 e. The van der Waals surface area contributed by atoms with Gasteiger partial charge in [-0.3, -0.25) is 14.4 Å². The van der Waals surface area contributed by atoms with Crippen molar-refractivity contribution >= 4 is 33.3 Å². The molecule has 0 saturated carbocycles. The molecule has 0 aliphatic carbocycles. The molecule has 29 heavy (non-hydrogen) atoms. The van der Waals surface area contributed by atoms with Gasteiger partial charge in [-0.25, -0.2) is 12.7 Å². The molecule has 0 fully saturated rings. The van der Waals surface area contributed by atoms with Crippen LogP contribution in [0, 0.1) is 0 Å². The maximum absolute atomic E-state index is 12.6. The number of ketones is 1. The van der Waals surface area contributed by atoms with E-state index in [4.69, 9.17) is 9.47 Å². The SMILES string of the molecule is CC(=O)c1cc2c(cc1NC(=O)CN1C(=O)c3ccccc3CS1(=O)=O)OCO2. The Morgan fingerprint density at radius 3 is 2.55 bits per heavy atom. The molecule has 10 heteroatoms. The Morgan fingerprint density at radius 2 is 1.83 bits per heavy atom. The van der Waals surface area contributed by atoms with Crippen molar-refractivity contribution in [1.82, 2.24) is 4.31 Å². The molecule has 150 valence electrons. The number of nitrogens with zero attached hydrogens (tertiary/aromatic N) is 1. The summed E-state index contributed by atoms with van der Waals surface area (Å²) in [5, 5.41) is 2.50. The second kappa shape index (κ2) is 6.89. The molecule has 9 nitrogen and oxygen atoms in total. The molecule has 0 aromatic heterocycles. The summed E-state index contributed by atoms with van der Waals surface area (Å²) >= 11 is 0. The number of hydrogen-bond acceptors (Lipinski definition) is 7. The van der Waals surface area contributed by atoms with Crippen molar-refractivity contribution in [3.8, 4) is 11.5 Å². The summed E-state index contributed by atoms with van der Waals surface area (Å²) < 4.78 is 36.0. The van der Waals surface area contributed by atoms with Crippen LogP contribution in [-0.4, -0.2) is 43.7 Å². The van der Waals surface area contributed by atoms with Crippen LogP contribution in [0.25, 0.3) is 0 Å².